The van der Waals surface area contributed by atoms with Gasteiger partial charge >= 0.3 is 5.97 Å². The highest BCUT2D eigenvalue weighted by Crippen LogP contribution is 1.96. The van der Waals surface area contributed by atoms with Gasteiger partial charge in [0.2, 0.25) is 0 Å². The van der Waals surface area contributed by atoms with E-state index in [1.165, 1.54) is 7.11 Å². The normalized spacial score (nSPS) is 8.38. The summed E-state index contributed by atoms with van der Waals surface area (Å²) in [5.74, 6) is 0.433. The molecule has 0 saturated heterocycles. The Balaban J connectivity index is 0. The van der Waals surface area contributed by atoms with Gasteiger partial charge in [0.05, 0.1) is 7.11 Å². The summed E-state index contributed by atoms with van der Waals surface area (Å²) in [5, 5.41) is 0. The van der Waals surface area contributed by atoms with E-state index in [0.29, 0.717) is 5.57 Å². The Morgan fingerprint density at radius 1 is 1.54 bits per heavy atom. The van der Waals surface area contributed by atoms with Gasteiger partial charge in [-0.1, -0.05) is 26.5 Å². The van der Waals surface area contributed by atoms with Crippen molar-refractivity contribution in [3.63, 3.8) is 0 Å². The Bertz CT molecular complexity index is 169. The zero-order chi connectivity index (χ0) is 10.9. The summed E-state index contributed by atoms with van der Waals surface area (Å²) in [6.45, 7) is 12.9. The second kappa shape index (κ2) is 9.04. The maximum absolute atomic E-state index is 10.2. The number of hydrogen-bond acceptors (Lipinski definition) is 2. The molecule has 0 saturated carbocycles. The SMILES string of the molecule is C=C(C)C(=O)OC.C=CCC(C)C. The first-order valence-corrected chi connectivity index (χ1v) is 4.30. The van der Waals surface area contributed by atoms with Gasteiger partial charge in [0.25, 0.3) is 0 Å². The molecule has 0 fully saturated rings. The third-order valence-electron chi connectivity index (χ3n) is 1.17. The van der Waals surface area contributed by atoms with Crippen molar-refractivity contribution in [2.75, 3.05) is 7.11 Å². The van der Waals surface area contributed by atoms with Crippen molar-refractivity contribution in [3.8, 4) is 0 Å². The van der Waals surface area contributed by atoms with E-state index in [-0.39, 0.29) is 5.97 Å². The smallest absolute Gasteiger partial charge is 0.332 e. The molecule has 0 unspecified atom stereocenters. The maximum Gasteiger partial charge on any atom is 0.332 e. The molecule has 2 nitrogen and oxygen atoms in total. The lowest BCUT2D eigenvalue weighted by molar-refractivity contribution is -0.136. The molecule has 0 heterocycles. The van der Waals surface area contributed by atoms with Crippen molar-refractivity contribution in [1.82, 2.24) is 0 Å². The standard InChI is InChI=1S/C6H12.C5H8O2/c1-4-5-6(2)3;1-4(2)5(6)7-3/h4,6H,1,5H2,2-3H3;1H2,2-3H3. The molecule has 76 valence electrons. The van der Waals surface area contributed by atoms with Gasteiger partial charge in [-0.2, -0.15) is 0 Å². The van der Waals surface area contributed by atoms with E-state index in [4.69, 9.17) is 0 Å². The van der Waals surface area contributed by atoms with Crippen molar-refractivity contribution in [2.45, 2.75) is 27.2 Å². The number of allylic oxidation sites excluding steroid dienone is 1. The molecule has 0 bridgehead atoms. The van der Waals surface area contributed by atoms with Crippen LogP contribution in [0.4, 0.5) is 0 Å². The van der Waals surface area contributed by atoms with Crippen LogP contribution in [-0.2, 0) is 9.53 Å². The van der Waals surface area contributed by atoms with Crippen LogP contribution in [0.15, 0.2) is 24.8 Å². The lowest BCUT2D eigenvalue weighted by Crippen LogP contribution is -1.98. The molecule has 0 aromatic rings. The van der Waals surface area contributed by atoms with Crippen molar-refractivity contribution in [3.05, 3.63) is 24.8 Å². The average molecular weight is 184 g/mol. The van der Waals surface area contributed by atoms with Crippen LogP contribution < -0.4 is 0 Å². The van der Waals surface area contributed by atoms with Crippen LogP contribution in [-0.4, -0.2) is 13.1 Å². The second-order valence-corrected chi connectivity index (χ2v) is 3.19. The van der Waals surface area contributed by atoms with Crippen molar-refractivity contribution in [2.24, 2.45) is 5.92 Å². The van der Waals surface area contributed by atoms with Crippen LogP contribution >= 0.6 is 0 Å². The van der Waals surface area contributed by atoms with E-state index >= 15 is 0 Å². The first-order chi connectivity index (χ1) is 5.95. The monoisotopic (exact) mass is 184 g/mol. The molecule has 0 spiro atoms. The van der Waals surface area contributed by atoms with Crippen LogP contribution in [0.1, 0.15) is 27.2 Å². The van der Waals surface area contributed by atoms with E-state index in [1.807, 2.05) is 6.08 Å². The second-order valence-electron chi connectivity index (χ2n) is 3.19. The van der Waals surface area contributed by atoms with Gasteiger partial charge in [-0.05, 0) is 19.3 Å². The minimum Gasteiger partial charge on any atom is -0.466 e. The minimum atomic E-state index is -0.347. The lowest BCUT2D eigenvalue weighted by Gasteiger charge is -1.92. The Labute approximate surface area is 81.3 Å². The van der Waals surface area contributed by atoms with Crippen LogP contribution in [0.25, 0.3) is 0 Å². The fraction of sp³-hybridized carbons (Fsp3) is 0.545. The summed E-state index contributed by atoms with van der Waals surface area (Å²) < 4.78 is 4.27. The largest absolute Gasteiger partial charge is 0.466 e. The highest BCUT2D eigenvalue weighted by atomic mass is 16.5. The van der Waals surface area contributed by atoms with Gasteiger partial charge < -0.3 is 4.74 Å². The molecule has 0 radical (unpaired) electrons. The Hall–Kier alpha value is -1.05. The molecule has 0 N–H and O–H groups in total. The Kier molecular flexibility index (Phi) is 10.1. The summed E-state index contributed by atoms with van der Waals surface area (Å²) in [4.78, 5) is 10.2. The third-order valence-corrected chi connectivity index (χ3v) is 1.17. The highest BCUT2D eigenvalue weighted by Gasteiger charge is 1.95. The van der Waals surface area contributed by atoms with Gasteiger partial charge in [0.15, 0.2) is 0 Å². The number of hydrogen-bond donors (Lipinski definition) is 0. The van der Waals surface area contributed by atoms with Gasteiger partial charge in [0, 0.05) is 5.57 Å². The van der Waals surface area contributed by atoms with E-state index < -0.39 is 0 Å². The summed E-state index contributed by atoms with van der Waals surface area (Å²) in [6.07, 6.45) is 3.09. The zero-order valence-electron chi connectivity index (χ0n) is 9.09. The molecule has 0 aliphatic carbocycles. The zero-order valence-corrected chi connectivity index (χ0v) is 9.09. The van der Waals surface area contributed by atoms with Gasteiger partial charge in [-0.15, -0.1) is 6.58 Å². The van der Waals surface area contributed by atoms with E-state index in [2.05, 4.69) is 31.7 Å². The van der Waals surface area contributed by atoms with E-state index in [9.17, 15) is 4.79 Å². The Morgan fingerprint density at radius 3 is 2.00 bits per heavy atom. The molecule has 0 aromatic carbocycles. The molecule has 2 heteroatoms. The topological polar surface area (TPSA) is 26.3 Å². The van der Waals surface area contributed by atoms with E-state index in [0.717, 1.165) is 12.3 Å². The molecule has 0 atom stereocenters. The molecule has 0 rings (SSSR count). The molecule has 0 aliphatic heterocycles. The van der Waals surface area contributed by atoms with Crippen molar-refractivity contribution in [1.29, 1.82) is 0 Å². The summed E-state index contributed by atoms with van der Waals surface area (Å²) in [6, 6.07) is 0. The summed E-state index contributed by atoms with van der Waals surface area (Å²) in [5.41, 5.74) is 0.433. The number of carbonyl (C=O) groups excluding carboxylic acids is 1. The first-order valence-electron chi connectivity index (χ1n) is 4.30. The minimum absolute atomic E-state index is 0.347. The van der Waals surface area contributed by atoms with E-state index in [1.54, 1.807) is 6.92 Å². The van der Waals surface area contributed by atoms with Gasteiger partial charge in [-0.25, -0.2) is 4.79 Å². The molecular formula is C11H20O2. The van der Waals surface area contributed by atoms with Gasteiger partial charge in [0.1, 0.15) is 0 Å². The Morgan fingerprint density at radius 2 is 2.00 bits per heavy atom. The molecular weight excluding hydrogens is 164 g/mol. The average Bonchev–Trinajstić information content (AvgIpc) is 2.03. The van der Waals surface area contributed by atoms with Crippen LogP contribution in [0.3, 0.4) is 0 Å². The number of esters is 1. The lowest BCUT2D eigenvalue weighted by atomic mass is 10.1. The molecule has 0 aliphatic rings. The molecule has 0 aromatic heterocycles. The summed E-state index contributed by atoms with van der Waals surface area (Å²) >= 11 is 0. The number of carbonyl (C=O) groups is 1. The van der Waals surface area contributed by atoms with Crippen molar-refractivity contribution < 1.29 is 9.53 Å². The number of rotatable bonds is 3. The fourth-order valence-electron chi connectivity index (χ4n) is 0.508. The number of methoxy groups -OCH3 is 1. The van der Waals surface area contributed by atoms with Crippen LogP contribution in [0, 0.1) is 5.92 Å². The third kappa shape index (κ3) is 13.9. The molecule has 13 heavy (non-hydrogen) atoms. The first kappa shape index (κ1) is 14.5. The quantitative estimate of drug-likeness (QED) is 0.383. The van der Waals surface area contributed by atoms with Crippen molar-refractivity contribution >= 4 is 5.97 Å². The number of ether oxygens (including phenoxy) is 1. The molecule has 0 amide bonds. The predicted molar refractivity (Wildman–Crippen MR) is 56.5 cm³/mol. The van der Waals surface area contributed by atoms with Gasteiger partial charge in [-0.3, -0.25) is 0 Å². The highest BCUT2D eigenvalue weighted by molar-refractivity contribution is 5.86. The predicted octanol–water partition coefficient (Wildman–Crippen LogP) is 2.95. The van der Waals surface area contributed by atoms with Crippen LogP contribution in [0.5, 0.6) is 0 Å². The summed E-state index contributed by atoms with van der Waals surface area (Å²) in [7, 11) is 1.33. The maximum atomic E-state index is 10.2. The fourth-order valence-corrected chi connectivity index (χ4v) is 0.508. The van der Waals surface area contributed by atoms with Crippen LogP contribution in [0.2, 0.25) is 0 Å².